The summed E-state index contributed by atoms with van der Waals surface area (Å²) in [5, 5.41) is 13.2. The number of nitro groups is 1. The Bertz CT molecular complexity index is 707. The molecule has 7 heteroatoms. The van der Waals surface area contributed by atoms with Crippen molar-refractivity contribution in [3.8, 4) is 0 Å². The van der Waals surface area contributed by atoms with E-state index in [1.807, 2.05) is 0 Å². The molecule has 0 aliphatic rings. The summed E-state index contributed by atoms with van der Waals surface area (Å²) in [6.45, 7) is 1.76. The number of nitrogens with one attached hydrogen (secondary N) is 1. The first-order valence-electron chi connectivity index (χ1n) is 6.44. The van der Waals surface area contributed by atoms with Crippen LogP contribution in [-0.4, -0.2) is 10.8 Å². The average molecular weight is 304 g/mol. The first kappa shape index (κ1) is 15.4. The Balaban J connectivity index is 1.95. The van der Waals surface area contributed by atoms with Gasteiger partial charge in [0.05, 0.1) is 12.1 Å². The lowest BCUT2D eigenvalue weighted by atomic mass is 10.1. The second-order valence-electron chi connectivity index (χ2n) is 4.55. The molecule has 2 aromatic rings. The summed E-state index contributed by atoms with van der Waals surface area (Å²) >= 11 is 0. The van der Waals surface area contributed by atoms with E-state index in [2.05, 4.69) is 5.32 Å². The summed E-state index contributed by atoms with van der Waals surface area (Å²) in [4.78, 5) is 21.6. The molecule has 1 aromatic heterocycles. The van der Waals surface area contributed by atoms with Gasteiger partial charge in [0.25, 0.3) is 0 Å². The maximum atomic E-state index is 12.8. The minimum absolute atomic E-state index is 0.205. The quantitative estimate of drug-likeness (QED) is 0.522. The van der Waals surface area contributed by atoms with Crippen molar-refractivity contribution in [3.05, 3.63) is 69.7 Å². The van der Waals surface area contributed by atoms with Crippen molar-refractivity contribution in [2.24, 2.45) is 0 Å². The third-order valence-electron chi connectivity index (χ3n) is 2.92. The second-order valence-corrected chi connectivity index (χ2v) is 4.55. The molecule has 0 aliphatic carbocycles. The number of benzene rings is 1. The van der Waals surface area contributed by atoms with E-state index < -0.39 is 10.8 Å². The van der Waals surface area contributed by atoms with Crippen LogP contribution in [0.3, 0.4) is 0 Å². The zero-order valence-corrected chi connectivity index (χ0v) is 11.7. The Labute approximate surface area is 125 Å². The lowest BCUT2D eigenvalue weighted by molar-refractivity contribution is -0.402. The van der Waals surface area contributed by atoms with Crippen LogP contribution in [0.4, 0.5) is 10.3 Å². The van der Waals surface area contributed by atoms with Crippen LogP contribution in [0.5, 0.6) is 0 Å². The van der Waals surface area contributed by atoms with Crippen LogP contribution in [-0.2, 0) is 4.79 Å². The molecule has 1 atom stereocenters. The van der Waals surface area contributed by atoms with Crippen molar-refractivity contribution in [2.45, 2.75) is 13.0 Å². The Morgan fingerprint density at radius 3 is 2.59 bits per heavy atom. The van der Waals surface area contributed by atoms with Crippen molar-refractivity contribution >= 4 is 17.9 Å². The highest BCUT2D eigenvalue weighted by Crippen LogP contribution is 2.17. The van der Waals surface area contributed by atoms with Crippen LogP contribution >= 0.6 is 0 Å². The molecule has 114 valence electrons. The Kier molecular flexibility index (Phi) is 4.67. The van der Waals surface area contributed by atoms with E-state index in [0.717, 1.165) is 5.56 Å². The highest BCUT2D eigenvalue weighted by atomic mass is 19.1. The highest BCUT2D eigenvalue weighted by molar-refractivity contribution is 5.91. The van der Waals surface area contributed by atoms with Gasteiger partial charge in [0, 0.05) is 6.08 Å². The number of carbonyl (C=O) groups excluding carboxylic acids is 1. The predicted octanol–water partition coefficient (Wildman–Crippen LogP) is 3.22. The summed E-state index contributed by atoms with van der Waals surface area (Å²) in [6, 6.07) is 8.10. The average Bonchev–Trinajstić information content (AvgIpc) is 2.95. The molecule has 0 fully saturated rings. The summed E-state index contributed by atoms with van der Waals surface area (Å²) in [5.74, 6) is -0.923. The molecule has 0 bridgehead atoms. The highest BCUT2D eigenvalue weighted by Gasteiger charge is 2.11. The fraction of sp³-hybridized carbons (Fsp3) is 0.133. The van der Waals surface area contributed by atoms with E-state index in [4.69, 9.17) is 4.42 Å². The second kappa shape index (κ2) is 6.66. The summed E-state index contributed by atoms with van der Waals surface area (Å²) in [7, 11) is 0. The Hall–Kier alpha value is -2.96. The molecule has 1 amide bonds. The van der Waals surface area contributed by atoms with Gasteiger partial charge in [-0.3, -0.25) is 14.9 Å². The van der Waals surface area contributed by atoms with Crippen molar-refractivity contribution in [1.82, 2.24) is 5.32 Å². The molecule has 22 heavy (non-hydrogen) atoms. The number of rotatable bonds is 5. The van der Waals surface area contributed by atoms with Gasteiger partial charge in [0.2, 0.25) is 5.91 Å². The van der Waals surface area contributed by atoms with Crippen LogP contribution in [0.25, 0.3) is 6.08 Å². The fourth-order valence-corrected chi connectivity index (χ4v) is 1.78. The zero-order valence-electron chi connectivity index (χ0n) is 11.7. The third kappa shape index (κ3) is 4.02. The molecule has 0 saturated heterocycles. The largest absolute Gasteiger partial charge is 0.433 e. The van der Waals surface area contributed by atoms with E-state index >= 15 is 0 Å². The van der Waals surface area contributed by atoms with Gasteiger partial charge in [-0.1, -0.05) is 12.1 Å². The molecule has 2 rings (SSSR count). The molecule has 0 saturated carbocycles. The Morgan fingerprint density at radius 1 is 1.32 bits per heavy atom. The normalized spacial score (nSPS) is 12.3. The van der Waals surface area contributed by atoms with Crippen LogP contribution in [0, 0.1) is 15.9 Å². The molecule has 1 aromatic carbocycles. The van der Waals surface area contributed by atoms with E-state index in [9.17, 15) is 19.3 Å². The third-order valence-corrected chi connectivity index (χ3v) is 2.92. The lowest BCUT2D eigenvalue weighted by Crippen LogP contribution is -2.24. The number of halogens is 1. The van der Waals surface area contributed by atoms with E-state index in [-0.39, 0.29) is 23.5 Å². The molecular formula is C15H13FN2O4. The first-order chi connectivity index (χ1) is 10.5. The Morgan fingerprint density at radius 2 is 2.00 bits per heavy atom. The minimum atomic E-state index is -0.659. The predicted molar refractivity (Wildman–Crippen MR) is 77.4 cm³/mol. The van der Waals surface area contributed by atoms with Crippen molar-refractivity contribution in [3.63, 3.8) is 0 Å². The monoisotopic (exact) mass is 304 g/mol. The van der Waals surface area contributed by atoms with Gasteiger partial charge in [-0.2, -0.15) is 0 Å². The van der Waals surface area contributed by atoms with Gasteiger partial charge in [-0.25, -0.2) is 4.39 Å². The van der Waals surface area contributed by atoms with Gasteiger partial charge >= 0.3 is 5.88 Å². The van der Waals surface area contributed by atoms with Crippen molar-refractivity contribution in [2.75, 3.05) is 0 Å². The number of hydrogen-bond donors (Lipinski definition) is 1. The molecule has 0 spiro atoms. The standard InChI is InChI=1S/C15H13FN2O4/c1-10(11-2-4-12(16)5-3-11)17-14(19)8-6-13-7-9-15(22-13)18(20)21/h2-10H,1H3,(H,17,19)/b8-6+/t10-/m1/s1. The molecule has 0 unspecified atom stereocenters. The fourth-order valence-electron chi connectivity index (χ4n) is 1.78. The van der Waals surface area contributed by atoms with Gasteiger partial charge in [-0.05, 0) is 36.8 Å². The summed E-state index contributed by atoms with van der Waals surface area (Å²) in [5.41, 5.74) is 0.761. The number of amides is 1. The van der Waals surface area contributed by atoms with E-state index in [1.165, 1.54) is 36.4 Å². The first-order valence-corrected chi connectivity index (χ1v) is 6.44. The molecule has 6 nitrogen and oxygen atoms in total. The van der Waals surface area contributed by atoms with Crippen molar-refractivity contribution < 1.29 is 18.5 Å². The zero-order chi connectivity index (χ0) is 16.1. The SMILES string of the molecule is C[C@@H](NC(=O)/C=C/c1ccc([N+](=O)[O-])o1)c1ccc(F)cc1. The number of hydrogen-bond acceptors (Lipinski definition) is 4. The van der Waals surface area contributed by atoms with Gasteiger partial charge in [0.15, 0.2) is 0 Å². The molecule has 1 N–H and O–H groups in total. The smallest absolute Gasteiger partial charge is 0.401 e. The van der Waals surface area contributed by atoms with Gasteiger partial charge in [0.1, 0.15) is 16.5 Å². The van der Waals surface area contributed by atoms with E-state index in [1.54, 1.807) is 19.1 Å². The molecule has 0 aliphatic heterocycles. The number of nitrogens with zero attached hydrogens (tertiary/aromatic N) is 1. The maximum absolute atomic E-state index is 12.8. The summed E-state index contributed by atoms with van der Waals surface area (Å²) < 4.78 is 17.7. The summed E-state index contributed by atoms with van der Waals surface area (Å²) in [6.07, 6.45) is 2.54. The maximum Gasteiger partial charge on any atom is 0.433 e. The van der Waals surface area contributed by atoms with Crippen LogP contribution in [0.1, 0.15) is 24.3 Å². The molecule has 1 heterocycles. The van der Waals surface area contributed by atoms with Gasteiger partial charge < -0.3 is 9.73 Å². The minimum Gasteiger partial charge on any atom is -0.401 e. The van der Waals surface area contributed by atoms with Crippen LogP contribution < -0.4 is 5.32 Å². The lowest BCUT2D eigenvalue weighted by Gasteiger charge is -2.12. The van der Waals surface area contributed by atoms with Crippen LogP contribution in [0.15, 0.2) is 46.9 Å². The van der Waals surface area contributed by atoms with Crippen molar-refractivity contribution in [1.29, 1.82) is 0 Å². The molecular weight excluding hydrogens is 291 g/mol. The number of furan rings is 1. The topological polar surface area (TPSA) is 85.4 Å². The van der Waals surface area contributed by atoms with Gasteiger partial charge in [-0.15, -0.1) is 0 Å². The van der Waals surface area contributed by atoms with Crippen LogP contribution in [0.2, 0.25) is 0 Å². The van der Waals surface area contributed by atoms with E-state index in [0.29, 0.717) is 0 Å². The molecule has 0 radical (unpaired) electrons. The number of carbonyl (C=O) groups is 1.